The molecule has 1 aliphatic rings. The van der Waals surface area contributed by atoms with Crippen molar-refractivity contribution in [1.29, 1.82) is 5.41 Å². The molecule has 1 atom stereocenters. The highest BCUT2D eigenvalue weighted by atomic mass is 127. The van der Waals surface area contributed by atoms with Gasteiger partial charge in [-0.15, -0.1) is 0 Å². The van der Waals surface area contributed by atoms with Gasteiger partial charge in [0.25, 0.3) is 0 Å². The first kappa shape index (κ1) is 12.8. The summed E-state index contributed by atoms with van der Waals surface area (Å²) in [6, 6.07) is 6.11. The van der Waals surface area contributed by atoms with Crippen LogP contribution in [0, 0.1) is 10.8 Å². The lowest BCUT2D eigenvalue weighted by Gasteiger charge is -2.16. The lowest BCUT2D eigenvalue weighted by molar-refractivity contribution is 0.798. The van der Waals surface area contributed by atoms with Gasteiger partial charge in [-0.3, -0.25) is 0 Å². The number of hydrogen-bond donors (Lipinski definition) is 2. The first-order valence-corrected chi connectivity index (χ1v) is 9.98. The van der Waals surface area contributed by atoms with E-state index in [0.29, 0.717) is 6.37 Å². The summed E-state index contributed by atoms with van der Waals surface area (Å²) in [4.78, 5) is 0. The van der Waals surface area contributed by atoms with Crippen LogP contribution in [0.1, 0.15) is 25.3 Å². The van der Waals surface area contributed by atoms with Gasteiger partial charge in [0.2, 0.25) is 0 Å². The maximum Gasteiger partial charge on any atom is 0.0468 e. The number of benzene rings is 1. The molecule has 0 heterocycles. The van der Waals surface area contributed by atoms with Gasteiger partial charge < -0.3 is 10.5 Å². The minimum absolute atomic E-state index is 0.117. The van der Waals surface area contributed by atoms with Crippen molar-refractivity contribution in [2.24, 2.45) is 5.41 Å². The van der Waals surface area contributed by atoms with E-state index in [-0.39, 0.29) is 5.41 Å². The number of anilines is 1. The van der Waals surface area contributed by atoms with E-state index >= 15 is 0 Å². The predicted octanol–water partition coefficient (Wildman–Crippen LogP) is 4.97. The number of rotatable bonds is 4. The molecule has 2 N–H and O–H groups in total. The molecule has 0 bridgehead atoms. The van der Waals surface area contributed by atoms with Crippen molar-refractivity contribution in [1.82, 2.24) is 0 Å². The van der Waals surface area contributed by atoms with Crippen LogP contribution in [-0.4, -0.2) is 5.71 Å². The van der Waals surface area contributed by atoms with Crippen LogP contribution in [0.5, 0.6) is 0 Å². The Kier molecular flexibility index (Phi) is 3.92. The lowest BCUT2D eigenvalue weighted by Crippen LogP contribution is -2.13. The molecular weight excluding hydrogens is 398 g/mol. The molecule has 0 spiro atoms. The zero-order valence-corrected chi connectivity index (χ0v) is 13.6. The van der Waals surface area contributed by atoms with Crippen molar-refractivity contribution >= 4 is 55.7 Å². The first-order chi connectivity index (χ1) is 7.57. The monoisotopic (exact) mass is 410 g/mol. The van der Waals surface area contributed by atoms with Crippen molar-refractivity contribution in [3.05, 3.63) is 28.2 Å². The quantitative estimate of drug-likeness (QED) is 0.410. The molecule has 1 aromatic carbocycles. The van der Waals surface area contributed by atoms with E-state index in [2.05, 4.69) is 50.0 Å². The number of nitrogens with one attached hydrogen (secondary N) is 2. The van der Waals surface area contributed by atoms with Crippen LogP contribution >= 0.6 is 44.3 Å². The molecule has 5 heteroatoms. The topological polar surface area (TPSA) is 35.9 Å². The Morgan fingerprint density at radius 1 is 1.56 bits per heavy atom. The average molecular weight is 411 g/mol. The van der Waals surface area contributed by atoms with Crippen LogP contribution in [0.2, 0.25) is 0 Å². The summed E-state index contributed by atoms with van der Waals surface area (Å²) < 4.78 is 1.04. The van der Waals surface area contributed by atoms with Gasteiger partial charge >= 0.3 is 0 Å². The maximum absolute atomic E-state index is 8.30. The normalized spacial score (nSPS) is 17.7. The molecule has 1 aliphatic carbocycles. The number of hydrogen-bond acceptors (Lipinski definition) is 2. The Labute approximate surface area is 119 Å². The molecule has 1 fully saturated rings. The van der Waals surface area contributed by atoms with Crippen molar-refractivity contribution in [3.63, 3.8) is 0 Å². The highest BCUT2D eigenvalue weighted by Gasteiger charge is 2.42. The molecule has 0 amide bonds. The molecule has 0 aromatic heterocycles. The molecule has 16 heavy (non-hydrogen) atoms. The highest BCUT2D eigenvalue weighted by Crippen LogP contribution is 2.48. The van der Waals surface area contributed by atoms with Gasteiger partial charge in [-0.25, -0.2) is 0 Å². The van der Waals surface area contributed by atoms with Crippen molar-refractivity contribution < 1.29 is 0 Å². The molecule has 1 unspecified atom stereocenters. The maximum atomic E-state index is 8.30. The second kappa shape index (κ2) is 4.91. The summed E-state index contributed by atoms with van der Waals surface area (Å²) in [5, 5.41) is 11.6. The van der Waals surface area contributed by atoms with Crippen LogP contribution in [0.4, 0.5) is 5.69 Å². The fourth-order valence-corrected chi connectivity index (χ4v) is 3.20. The summed E-state index contributed by atoms with van der Waals surface area (Å²) in [5.74, 6) is 0. The highest BCUT2D eigenvalue weighted by molar-refractivity contribution is 14.2. The van der Waals surface area contributed by atoms with Crippen LogP contribution in [-0.2, 0) is 0 Å². The summed E-state index contributed by atoms with van der Waals surface area (Å²) in [6.07, 6.45) is 2.92. The third-order valence-electron chi connectivity index (χ3n) is 3.04. The standard InChI is InChI=1S/C11H13BrIN2P/c1-11(4-5-11)10(14)8-6-7(12)2-3-9(8)15-16-13/h2-3,6,14-16H,4-5H2,1H3. The lowest BCUT2D eigenvalue weighted by atomic mass is 9.95. The largest absolute Gasteiger partial charge is 0.358 e. The molecule has 0 aliphatic heterocycles. The van der Waals surface area contributed by atoms with Gasteiger partial charge in [0.05, 0.1) is 0 Å². The summed E-state index contributed by atoms with van der Waals surface area (Å²) in [5.41, 5.74) is 3.00. The Morgan fingerprint density at radius 2 is 2.25 bits per heavy atom. The third-order valence-corrected chi connectivity index (χ3v) is 4.70. The average Bonchev–Trinajstić information content (AvgIpc) is 3.00. The predicted molar refractivity (Wildman–Crippen MR) is 84.3 cm³/mol. The third kappa shape index (κ3) is 2.59. The van der Waals surface area contributed by atoms with Crippen LogP contribution < -0.4 is 5.09 Å². The summed E-state index contributed by atoms with van der Waals surface area (Å²) >= 11 is 5.79. The van der Waals surface area contributed by atoms with Gasteiger partial charge in [0, 0.05) is 33.2 Å². The van der Waals surface area contributed by atoms with Crippen LogP contribution in [0.25, 0.3) is 0 Å². The molecule has 86 valence electrons. The number of halogens is 2. The zero-order chi connectivity index (χ0) is 11.8. The zero-order valence-electron chi connectivity index (χ0n) is 8.90. The van der Waals surface area contributed by atoms with E-state index in [1.165, 1.54) is 0 Å². The Balaban J connectivity index is 2.37. The Hall–Kier alpha value is 0.330. The molecule has 2 nitrogen and oxygen atoms in total. The minimum Gasteiger partial charge on any atom is -0.358 e. The SMILES string of the molecule is CC1(C(=N)c2cc(Br)ccc2NPI)CC1. The molecule has 0 saturated heterocycles. The van der Waals surface area contributed by atoms with Gasteiger partial charge in [-0.1, -0.05) is 22.9 Å². The van der Waals surface area contributed by atoms with Gasteiger partial charge in [0.15, 0.2) is 0 Å². The van der Waals surface area contributed by atoms with E-state index in [1.54, 1.807) is 0 Å². The van der Waals surface area contributed by atoms with E-state index in [4.69, 9.17) is 5.41 Å². The van der Waals surface area contributed by atoms with Crippen LogP contribution in [0.3, 0.4) is 0 Å². The Morgan fingerprint density at radius 3 is 2.81 bits per heavy atom. The van der Waals surface area contributed by atoms with Gasteiger partial charge in [-0.05, 0) is 53.1 Å². The van der Waals surface area contributed by atoms with E-state index < -0.39 is 0 Å². The molecule has 1 saturated carbocycles. The van der Waals surface area contributed by atoms with Crippen molar-refractivity contribution in [2.45, 2.75) is 19.8 Å². The second-order valence-corrected chi connectivity index (χ2v) is 7.32. The van der Waals surface area contributed by atoms with Crippen molar-refractivity contribution in [3.8, 4) is 0 Å². The molecule has 0 radical (unpaired) electrons. The van der Waals surface area contributed by atoms with E-state index in [0.717, 1.165) is 34.3 Å². The first-order valence-electron chi connectivity index (χ1n) is 5.07. The Bertz CT molecular complexity index is 432. The fourth-order valence-electron chi connectivity index (χ4n) is 1.65. The minimum atomic E-state index is 0.117. The van der Waals surface area contributed by atoms with Crippen molar-refractivity contribution in [2.75, 3.05) is 5.09 Å². The summed E-state index contributed by atoms with van der Waals surface area (Å²) in [7, 11) is 0. The second-order valence-electron chi connectivity index (χ2n) is 4.35. The fraction of sp³-hybridized carbons (Fsp3) is 0.364. The van der Waals surface area contributed by atoms with Gasteiger partial charge in [0.1, 0.15) is 0 Å². The molecule has 1 aromatic rings. The van der Waals surface area contributed by atoms with Gasteiger partial charge in [-0.2, -0.15) is 0 Å². The molecular formula is C11H13BrIN2P. The summed E-state index contributed by atoms with van der Waals surface area (Å²) in [6.45, 7) is 2.17. The van der Waals surface area contributed by atoms with E-state index in [9.17, 15) is 0 Å². The molecule has 2 rings (SSSR count). The smallest absolute Gasteiger partial charge is 0.0468 e. The van der Waals surface area contributed by atoms with Crippen LogP contribution in [0.15, 0.2) is 22.7 Å². The van der Waals surface area contributed by atoms with E-state index in [1.807, 2.05) is 18.2 Å².